The molecule has 1 aromatic carbocycles. The number of nitrogens with two attached hydrogens (primary N) is 1. The number of aryl methyl sites for hydroxylation is 1. The van der Waals surface area contributed by atoms with E-state index in [0.717, 1.165) is 5.56 Å². The Balaban J connectivity index is 3.05. The monoisotopic (exact) mass is 291 g/mol. The van der Waals surface area contributed by atoms with Gasteiger partial charge in [0.25, 0.3) is 0 Å². The van der Waals surface area contributed by atoms with Crippen molar-refractivity contribution in [3.63, 3.8) is 0 Å². The second kappa shape index (κ2) is 6.69. The van der Waals surface area contributed by atoms with Gasteiger partial charge in [0, 0.05) is 5.02 Å². The van der Waals surface area contributed by atoms with Crippen molar-refractivity contribution in [1.82, 2.24) is 0 Å². The van der Waals surface area contributed by atoms with Gasteiger partial charge in [-0.1, -0.05) is 23.7 Å². The second-order valence-corrected chi connectivity index (χ2v) is 6.39. The van der Waals surface area contributed by atoms with Crippen LogP contribution in [-0.2, 0) is 13.6 Å². The largest absolute Gasteiger partial charge is 0.351 e. The molecule has 4 nitrogen and oxygen atoms in total. The first-order chi connectivity index (χ1) is 8.44. The third kappa shape index (κ3) is 3.56. The highest BCUT2D eigenvalue weighted by atomic mass is 35.5. The lowest BCUT2D eigenvalue weighted by molar-refractivity contribution is 0.212. The fourth-order valence-corrected chi connectivity index (χ4v) is 3.35. The minimum absolute atomic E-state index is 0.289. The fraction of sp³-hybridized carbons (Fsp3) is 0.500. The van der Waals surface area contributed by atoms with Crippen molar-refractivity contribution in [2.45, 2.75) is 26.6 Å². The van der Waals surface area contributed by atoms with Crippen molar-refractivity contribution in [1.29, 1.82) is 0 Å². The molecule has 0 unspecified atom stereocenters. The van der Waals surface area contributed by atoms with E-state index in [2.05, 4.69) is 0 Å². The maximum atomic E-state index is 12.5. The molecule has 0 amide bonds. The molecule has 0 bridgehead atoms. The van der Waals surface area contributed by atoms with Crippen molar-refractivity contribution in [3.05, 3.63) is 34.3 Å². The van der Waals surface area contributed by atoms with Crippen molar-refractivity contribution in [2.24, 2.45) is 5.73 Å². The molecule has 18 heavy (non-hydrogen) atoms. The summed E-state index contributed by atoms with van der Waals surface area (Å²) in [6.07, 6.45) is 0. The van der Waals surface area contributed by atoms with E-state index in [9.17, 15) is 4.57 Å². The van der Waals surface area contributed by atoms with Crippen molar-refractivity contribution < 1.29 is 13.6 Å². The van der Waals surface area contributed by atoms with Gasteiger partial charge >= 0.3 is 7.60 Å². The summed E-state index contributed by atoms with van der Waals surface area (Å²) in [6.45, 7) is 5.96. The van der Waals surface area contributed by atoms with Gasteiger partial charge in [0.2, 0.25) is 0 Å². The Morgan fingerprint density at radius 1 is 1.33 bits per heavy atom. The van der Waals surface area contributed by atoms with Crippen LogP contribution in [0.3, 0.4) is 0 Å². The zero-order chi connectivity index (χ0) is 13.8. The molecular weight excluding hydrogens is 273 g/mol. The van der Waals surface area contributed by atoms with E-state index in [1.54, 1.807) is 32.0 Å². The molecule has 6 heteroatoms. The smallest absolute Gasteiger partial charge is 0.314 e. The zero-order valence-corrected chi connectivity index (χ0v) is 12.5. The summed E-state index contributed by atoms with van der Waals surface area (Å²) in [6, 6.07) is 5.27. The number of hydrogen-bond donors (Lipinski definition) is 1. The predicted octanol–water partition coefficient (Wildman–Crippen LogP) is 3.87. The van der Waals surface area contributed by atoms with Gasteiger partial charge in [-0.15, -0.1) is 0 Å². The summed E-state index contributed by atoms with van der Waals surface area (Å²) in [5, 5.41) is 0.647. The Bertz CT molecular complexity index is 443. The van der Waals surface area contributed by atoms with Gasteiger partial charge in [0.05, 0.1) is 13.2 Å². The summed E-state index contributed by atoms with van der Waals surface area (Å²) in [7, 11) is -3.33. The average Bonchev–Trinajstić information content (AvgIpc) is 2.32. The molecule has 0 radical (unpaired) electrons. The van der Waals surface area contributed by atoms with Gasteiger partial charge in [-0.3, -0.25) is 4.57 Å². The van der Waals surface area contributed by atoms with Crippen LogP contribution in [0.1, 0.15) is 30.8 Å². The van der Waals surface area contributed by atoms with Crippen LogP contribution >= 0.6 is 19.2 Å². The number of hydrogen-bond acceptors (Lipinski definition) is 4. The molecule has 0 aliphatic carbocycles. The molecule has 0 aliphatic heterocycles. The predicted molar refractivity (Wildman–Crippen MR) is 74.0 cm³/mol. The molecule has 1 rings (SSSR count). The Kier molecular flexibility index (Phi) is 5.83. The molecule has 2 N–H and O–H groups in total. The highest BCUT2D eigenvalue weighted by molar-refractivity contribution is 7.54. The summed E-state index contributed by atoms with van der Waals surface area (Å²) in [5.74, 6) is -0.798. The van der Waals surface area contributed by atoms with Crippen molar-refractivity contribution in [2.75, 3.05) is 13.2 Å². The van der Waals surface area contributed by atoms with E-state index in [4.69, 9.17) is 26.4 Å². The number of halogens is 1. The van der Waals surface area contributed by atoms with E-state index < -0.39 is 13.4 Å². The molecule has 0 fully saturated rings. The molecule has 102 valence electrons. The maximum absolute atomic E-state index is 12.5. The lowest BCUT2D eigenvalue weighted by Crippen LogP contribution is -2.15. The lowest BCUT2D eigenvalue weighted by atomic mass is 10.1. The maximum Gasteiger partial charge on any atom is 0.351 e. The van der Waals surface area contributed by atoms with E-state index in [1.807, 2.05) is 6.92 Å². The third-order valence-electron chi connectivity index (χ3n) is 2.48. The average molecular weight is 292 g/mol. The molecule has 1 atom stereocenters. The Labute approximate surface area is 113 Å². The van der Waals surface area contributed by atoms with Crippen LogP contribution in [0.2, 0.25) is 5.02 Å². The summed E-state index contributed by atoms with van der Waals surface area (Å²) >= 11 is 5.95. The Morgan fingerprint density at radius 3 is 2.33 bits per heavy atom. The molecule has 0 aliphatic rings. The molecule has 1 aromatic rings. The van der Waals surface area contributed by atoms with Crippen LogP contribution in [0.5, 0.6) is 0 Å². The first kappa shape index (κ1) is 15.7. The minimum atomic E-state index is -3.33. The van der Waals surface area contributed by atoms with Crippen molar-refractivity contribution in [3.8, 4) is 0 Å². The van der Waals surface area contributed by atoms with Crippen LogP contribution < -0.4 is 5.73 Å². The van der Waals surface area contributed by atoms with Crippen LogP contribution in [0.15, 0.2) is 18.2 Å². The van der Waals surface area contributed by atoms with E-state index in [-0.39, 0.29) is 13.2 Å². The molecule has 0 saturated heterocycles. The first-order valence-electron chi connectivity index (χ1n) is 5.85. The number of rotatable bonds is 6. The van der Waals surface area contributed by atoms with Gasteiger partial charge in [-0.2, -0.15) is 0 Å². The fourth-order valence-electron chi connectivity index (χ4n) is 1.59. The molecule has 0 heterocycles. The van der Waals surface area contributed by atoms with Crippen LogP contribution in [-0.4, -0.2) is 13.2 Å². The Hall–Kier alpha value is -0.380. The van der Waals surface area contributed by atoms with E-state index in [1.165, 1.54) is 0 Å². The van der Waals surface area contributed by atoms with Gasteiger partial charge in [-0.05, 0) is 38.0 Å². The van der Waals surface area contributed by atoms with Crippen LogP contribution in [0.4, 0.5) is 0 Å². The van der Waals surface area contributed by atoms with Crippen LogP contribution in [0.25, 0.3) is 0 Å². The Morgan fingerprint density at radius 2 is 1.89 bits per heavy atom. The van der Waals surface area contributed by atoms with Gasteiger partial charge in [0.15, 0.2) is 0 Å². The second-order valence-electron chi connectivity index (χ2n) is 3.83. The minimum Gasteiger partial charge on any atom is -0.314 e. The summed E-state index contributed by atoms with van der Waals surface area (Å²) < 4.78 is 23.0. The van der Waals surface area contributed by atoms with Crippen LogP contribution in [0, 0.1) is 6.92 Å². The SMILES string of the molecule is CCOP(=O)(OCC)[C@H](N)c1ccc(Cl)c(C)c1. The molecule has 0 saturated carbocycles. The van der Waals surface area contributed by atoms with Gasteiger partial charge in [-0.25, -0.2) is 0 Å². The van der Waals surface area contributed by atoms with Crippen molar-refractivity contribution >= 4 is 19.2 Å². The molecule has 0 aromatic heterocycles. The normalized spacial score (nSPS) is 13.6. The highest BCUT2D eigenvalue weighted by Crippen LogP contribution is 2.58. The topological polar surface area (TPSA) is 61.5 Å². The molecular formula is C12H19ClNO3P. The summed E-state index contributed by atoms with van der Waals surface area (Å²) in [4.78, 5) is 0. The van der Waals surface area contributed by atoms with E-state index >= 15 is 0 Å². The van der Waals surface area contributed by atoms with Gasteiger partial charge in [0.1, 0.15) is 5.78 Å². The van der Waals surface area contributed by atoms with Gasteiger partial charge < -0.3 is 14.8 Å². The molecule has 0 spiro atoms. The standard InChI is InChI=1S/C12H19ClNO3P/c1-4-16-18(15,17-5-2)12(14)10-6-7-11(13)9(3)8-10/h6-8,12H,4-5,14H2,1-3H3/t12-/m0/s1. The number of benzene rings is 1. The lowest BCUT2D eigenvalue weighted by Gasteiger charge is -2.23. The zero-order valence-electron chi connectivity index (χ0n) is 10.9. The highest BCUT2D eigenvalue weighted by Gasteiger charge is 2.33. The summed E-state index contributed by atoms with van der Waals surface area (Å²) in [5.41, 5.74) is 7.58. The first-order valence-corrected chi connectivity index (χ1v) is 7.84. The quantitative estimate of drug-likeness (QED) is 0.808. The van der Waals surface area contributed by atoms with E-state index in [0.29, 0.717) is 10.6 Å². The third-order valence-corrected chi connectivity index (χ3v) is 5.12.